The summed E-state index contributed by atoms with van der Waals surface area (Å²) < 4.78 is 9.01. The first kappa shape index (κ1) is 15.5. The standard InChI is InChI=1S/C13H21Br2N3O/c1-4-18-12(13(15)10(3)16-18)7-17-6-11(5-14)19-8-9(17)2/h9,11H,4-8H2,1-3H3. The predicted octanol–water partition coefficient (Wildman–Crippen LogP) is 2.96. The summed E-state index contributed by atoms with van der Waals surface area (Å²) >= 11 is 7.18. The van der Waals surface area contributed by atoms with Gasteiger partial charge in [0.25, 0.3) is 0 Å². The van der Waals surface area contributed by atoms with E-state index >= 15 is 0 Å². The van der Waals surface area contributed by atoms with E-state index in [0.717, 1.165) is 41.7 Å². The van der Waals surface area contributed by atoms with Crippen LogP contribution in [0.3, 0.4) is 0 Å². The van der Waals surface area contributed by atoms with Crippen molar-refractivity contribution in [2.24, 2.45) is 0 Å². The van der Waals surface area contributed by atoms with E-state index in [1.54, 1.807) is 0 Å². The van der Waals surface area contributed by atoms with Crippen molar-refractivity contribution in [1.82, 2.24) is 14.7 Å². The second-order valence-electron chi connectivity index (χ2n) is 5.05. The number of rotatable bonds is 4. The summed E-state index contributed by atoms with van der Waals surface area (Å²) in [5.74, 6) is 0. The van der Waals surface area contributed by atoms with Crippen molar-refractivity contribution in [2.75, 3.05) is 18.5 Å². The molecule has 1 aromatic heterocycles. The highest BCUT2D eigenvalue weighted by molar-refractivity contribution is 9.10. The fraction of sp³-hybridized carbons (Fsp3) is 0.769. The van der Waals surface area contributed by atoms with E-state index in [1.165, 1.54) is 5.69 Å². The molecule has 2 atom stereocenters. The van der Waals surface area contributed by atoms with E-state index in [1.807, 2.05) is 6.92 Å². The van der Waals surface area contributed by atoms with E-state index in [9.17, 15) is 0 Å². The molecule has 0 bridgehead atoms. The van der Waals surface area contributed by atoms with Crippen LogP contribution < -0.4 is 0 Å². The van der Waals surface area contributed by atoms with E-state index < -0.39 is 0 Å². The number of halogens is 2. The van der Waals surface area contributed by atoms with Crippen LogP contribution in [0.2, 0.25) is 0 Å². The molecule has 1 aliphatic heterocycles. The Balaban J connectivity index is 2.15. The van der Waals surface area contributed by atoms with Gasteiger partial charge in [0.1, 0.15) is 0 Å². The molecular formula is C13H21Br2N3O. The minimum absolute atomic E-state index is 0.286. The second kappa shape index (κ2) is 6.70. The fourth-order valence-corrected chi connectivity index (χ4v) is 3.20. The molecule has 0 amide bonds. The number of alkyl halides is 1. The van der Waals surface area contributed by atoms with Crippen LogP contribution in [0, 0.1) is 6.92 Å². The summed E-state index contributed by atoms with van der Waals surface area (Å²) in [6.45, 7) is 9.99. The molecule has 2 heterocycles. The summed E-state index contributed by atoms with van der Waals surface area (Å²) in [6, 6.07) is 0.447. The maximum Gasteiger partial charge on any atom is 0.0799 e. The van der Waals surface area contributed by atoms with Crippen LogP contribution in [0.15, 0.2) is 4.47 Å². The Bertz CT molecular complexity index is 436. The van der Waals surface area contributed by atoms with Crippen molar-refractivity contribution in [3.63, 3.8) is 0 Å². The van der Waals surface area contributed by atoms with Gasteiger partial charge in [-0.25, -0.2) is 0 Å². The van der Waals surface area contributed by atoms with Crippen LogP contribution in [-0.2, 0) is 17.8 Å². The van der Waals surface area contributed by atoms with Crippen molar-refractivity contribution in [2.45, 2.75) is 46.0 Å². The van der Waals surface area contributed by atoms with Gasteiger partial charge >= 0.3 is 0 Å². The molecule has 2 rings (SSSR count). The first-order chi connectivity index (χ1) is 9.06. The molecule has 0 spiro atoms. The zero-order chi connectivity index (χ0) is 14.0. The number of ether oxygens (including phenoxy) is 1. The van der Waals surface area contributed by atoms with Gasteiger partial charge in [0, 0.05) is 31.0 Å². The van der Waals surface area contributed by atoms with Crippen LogP contribution >= 0.6 is 31.9 Å². The highest BCUT2D eigenvalue weighted by Gasteiger charge is 2.27. The fourth-order valence-electron chi connectivity index (χ4n) is 2.40. The molecule has 1 fully saturated rings. The lowest BCUT2D eigenvalue weighted by Gasteiger charge is -2.37. The second-order valence-corrected chi connectivity index (χ2v) is 6.49. The smallest absolute Gasteiger partial charge is 0.0799 e. The number of hydrogen-bond acceptors (Lipinski definition) is 3. The molecule has 2 unspecified atom stereocenters. The number of hydrogen-bond donors (Lipinski definition) is 0. The minimum atomic E-state index is 0.286. The zero-order valence-electron chi connectivity index (χ0n) is 11.7. The van der Waals surface area contributed by atoms with Crippen molar-refractivity contribution >= 4 is 31.9 Å². The number of aromatic nitrogens is 2. The number of aryl methyl sites for hydroxylation is 2. The summed E-state index contributed by atoms with van der Waals surface area (Å²) in [4.78, 5) is 2.48. The molecule has 4 nitrogen and oxygen atoms in total. The van der Waals surface area contributed by atoms with Gasteiger partial charge < -0.3 is 4.74 Å². The lowest BCUT2D eigenvalue weighted by Crippen LogP contribution is -2.48. The molecule has 19 heavy (non-hydrogen) atoms. The van der Waals surface area contributed by atoms with Gasteiger partial charge in [-0.05, 0) is 36.7 Å². The van der Waals surface area contributed by atoms with Crippen LogP contribution in [0.25, 0.3) is 0 Å². The molecule has 1 aliphatic rings. The third kappa shape index (κ3) is 3.40. The average molecular weight is 395 g/mol. The first-order valence-electron chi connectivity index (χ1n) is 6.70. The molecular weight excluding hydrogens is 374 g/mol. The molecule has 1 saturated heterocycles. The summed E-state index contributed by atoms with van der Waals surface area (Å²) in [5.41, 5.74) is 2.33. The van der Waals surface area contributed by atoms with Gasteiger partial charge in [-0.2, -0.15) is 5.10 Å². The molecule has 0 radical (unpaired) electrons. The van der Waals surface area contributed by atoms with E-state index in [-0.39, 0.29) is 6.10 Å². The predicted molar refractivity (Wildman–Crippen MR) is 83.7 cm³/mol. The topological polar surface area (TPSA) is 30.3 Å². The van der Waals surface area contributed by atoms with Gasteiger partial charge in [-0.1, -0.05) is 15.9 Å². The molecule has 108 valence electrons. The minimum Gasteiger partial charge on any atom is -0.374 e. The monoisotopic (exact) mass is 393 g/mol. The van der Waals surface area contributed by atoms with Crippen LogP contribution in [0.4, 0.5) is 0 Å². The van der Waals surface area contributed by atoms with Crippen molar-refractivity contribution in [1.29, 1.82) is 0 Å². The van der Waals surface area contributed by atoms with Gasteiger partial charge in [0.2, 0.25) is 0 Å². The Morgan fingerprint density at radius 1 is 1.47 bits per heavy atom. The van der Waals surface area contributed by atoms with Crippen LogP contribution in [0.1, 0.15) is 25.2 Å². The Morgan fingerprint density at radius 3 is 2.84 bits per heavy atom. The molecule has 0 saturated carbocycles. The van der Waals surface area contributed by atoms with Gasteiger partial charge in [0.05, 0.1) is 28.6 Å². The summed E-state index contributed by atoms with van der Waals surface area (Å²) in [5, 5.41) is 5.45. The normalized spacial score (nSPS) is 24.9. The van der Waals surface area contributed by atoms with E-state index in [0.29, 0.717) is 6.04 Å². The third-order valence-corrected chi connectivity index (χ3v) is 5.37. The van der Waals surface area contributed by atoms with Gasteiger partial charge in [-0.15, -0.1) is 0 Å². The molecule has 6 heteroatoms. The highest BCUT2D eigenvalue weighted by Crippen LogP contribution is 2.24. The Hall–Kier alpha value is 0.0900. The van der Waals surface area contributed by atoms with Crippen LogP contribution in [0.5, 0.6) is 0 Å². The molecule has 0 aromatic carbocycles. The molecule has 0 N–H and O–H groups in total. The largest absolute Gasteiger partial charge is 0.374 e. The lowest BCUT2D eigenvalue weighted by molar-refractivity contribution is -0.0508. The zero-order valence-corrected chi connectivity index (χ0v) is 14.9. The maximum absolute atomic E-state index is 5.78. The summed E-state index contributed by atoms with van der Waals surface area (Å²) in [7, 11) is 0. The van der Waals surface area contributed by atoms with Crippen molar-refractivity contribution in [3.05, 3.63) is 15.9 Å². The first-order valence-corrected chi connectivity index (χ1v) is 8.61. The highest BCUT2D eigenvalue weighted by atomic mass is 79.9. The van der Waals surface area contributed by atoms with Crippen molar-refractivity contribution < 1.29 is 4.74 Å². The molecule has 0 aliphatic carbocycles. The van der Waals surface area contributed by atoms with Crippen molar-refractivity contribution in [3.8, 4) is 0 Å². The Kier molecular flexibility index (Phi) is 5.45. The van der Waals surface area contributed by atoms with Crippen LogP contribution in [-0.4, -0.2) is 45.3 Å². The Morgan fingerprint density at radius 2 is 2.21 bits per heavy atom. The quantitative estimate of drug-likeness (QED) is 0.735. The SMILES string of the molecule is CCn1nc(C)c(Br)c1CN1CC(CBr)OCC1C. The average Bonchev–Trinajstić information content (AvgIpc) is 2.68. The number of morpholine rings is 1. The Labute approximate surface area is 131 Å². The third-order valence-electron chi connectivity index (χ3n) is 3.61. The molecule has 1 aromatic rings. The maximum atomic E-state index is 5.78. The lowest BCUT2D eigenvalue weighted by atomic mass is 10.2. The number of nitrogens with zero attached hydrogens (tertiary/aromatic N) is 3. The van der Waals surface area contributed by atoms with Gasteiger partial charge in [0.15, 0.2) is 0 Å². The van der Waals surface area contributed by atoms with E-state index in [2.05, 4.69) is 60.4 Å². The van der Waals surface area contributed by atoms with E-state index in [4.69, 9.17) is 4.74 Å². The van der Waals surface area contributed by atoms with Gasteiger partial charge in [-0.3, -0.25) is 9.58 Å². The summed E-state index contributed by atoms with van der Waals surface area (Å²) in [6.07, 6.45) is 0.286.